The first-order valence-corrected chi connectivity index (χ1v) is 6.66. The topological polar surface area (TPSA) is 49.3 Å². The first-order valence-electron chi connectivity index (χ1n) is 6.66. The number of aryl methyl sites for hydroxylation is 2. The number of carboxylic acids is 1. The number of fused-ring (bicyclic) bond motifs is 1. The summed E-state index contributed by atoms with van der Waals surface area (Å²) in [5, 5.41) is 12.4. The summed E-state index contributed by atoms with van der Waals surface area (Å²) in [5.41, 5.74) is 3.90. The van der Waals surface area contributed by atoms with E-state index in [9.17, 15) is 4.79 Å². The summed E-state index contributed by atoms with van der Waals surface area (Å²) >= 11 is 0. The fourth-order valence-electron chi connectivity index (χ4n) is 2.52. The van der Waals surface area contributed by atoms with E-state index in [2.05, 4.69) is 23.5 Å². The average molecular weight is 247 g/mol. The summed E-state index contributed by atoms with van der Waals surface area (Å²) in [5.74, 6) is -0.915. The lowest BCUT2D eigenvalue weighted by atomic mass is 9.96. The lowest BCUT2D eigenvalue weighted by molar-refractivity contribution is -0.142. The van der Waals surface area contributed by atoms with E-state index in [4.69, 9.17) is 5.11 Å². The summed E-state index contributed by atoms with van der Waals surface area (Å²) in [6.45, 7) is 4.39. The molecule has 1 aliphatic carbocycles. The first kappa shape index (κ1) is 12.9. The summed E-state index contributed by atoms with van der Waals surface area (Å²) < 4.78 is 0. The molecule has 98 valence electrons. The predicted octanol–water partition coefficient (Wildman–Crippen LogP) is 2.94. The van der Waals surface area contributed by atoms with E-state index in [0.717, 1.165) is 12.1 Å². The van der Waals surface area contributed by atoms with Gasteiger partial charge in [-0.2, -0.15) is 0 Å². The summed E-state index contributed by atoms with van der Waals surface area (Å²) in [7, 11) is 0. The van der Waals surface area contributed by atoms with Gasteiger partial charge >= 0.3 is 5.97 Å². The molecule has 0 bridgehead atoms. The molecule has 3 heteroatoms. The summed E-state index contributed by atoms with van der Waals surface area (Å²) in [4.78, 5) is 11.1. The molecule has 1 atom stereocenters. The molecule has 1 unspecified atom stereocenters. The molecule has 0 saturated carbocycles. The highest BCUT2D eigenvalue weighted by molar-refractivity contribution is 5.71. The molecule has 1 aromatic carbocycles. The maximum Gasteiger partial charge on any atom is 0.308 e. The molecule has 1 aromatic rings. The van der Waals surface area contributed by atoms with Crippen LogP contribution in [0, 0.1) is 11.8 Å². The Labute approximate surface area is 108 Å². The van der Waals surface area contributed by atoms with Crippen LogP contribution in [0.2, 0.25) is 0 Å². The number of aliphatic carboxylic acids is 1. The zero-order valence-corrected chi connectivity index (χ0v) is 11.1. The van der Waals surface area contributed by atoms with Crippen molar-refractivity contribution in [2.24, 2.45) is 11.8 Å². The van der Waals surface area contributed by atoms with Gasteiger partial charge in [-0.05, 0) is 48.4 Å². The Kier molecular flexibility index (Phi) is 3.90. The van der Waals surface area contributed by atoms with Crippen molar-refractivity contribution in [2.75, 3.05) is 11.9 Å². The minimum absolute atomic E-state index is 0.143. The van der Waals surface area contributed by atoms with E-state index in [0.29, 0.717) is 6.54 Å². The molecule has 2 rings (SSSR count). The Balaban J connectivity index is 1.99. The third-order valence-corrected chi connectivity index (χ3v) is 3.75. The van der Waals surface area contributed by atoms with Crippen molar-refractivity contribution in [2.45, 2.75) is 33.1 Å². The zero-order chi connectivity index (χ0) is 13.1. The minimum Gasteiger partial charge on any atom is -0.481 e. The number of nitrogens with one attached hydrogen (secondary N) is 1. The van der Waals surface area contributed by atoms with Gasteiger partial charge in [-0.15, -0.1) is 0 Å². The van der Waals surface area contributed by atoms with Crippen LogP contribution in [0.4, 0.5) is 5.69 Å². The highest BCUT2D eigenvalue weighted by atomic mass is 16.4. The number of carboxylic acid groups (broad SMARTS) is 1. The number of benzene rings is 1. The summed E-state index contributed by atoms with van der Waals surface area (Å²) in [6.07, 6.45) is 3.57. The molecule has 0 aliphatic heterocycles. The molecule has 0 spiro atoms. The van der Waals surface area contributed by atoms with Crippen LogP contribution in [0.3, 0.4) is 0 Å². The van der Waals surface area contributed by atoms with Crippen LogP contribution < -0.4 is 5.32 Å². The quantitative estimate of drug-likeness (QED) is 0.841. The lowest BCUT2D eigenvalue weighted by Crippen LogP contribution is -2.27. The van der Waals surface area contributed by atoms with Crippen molar-refractivity contribution in [3.63, 3.8) is 0 Å². The molecule has 1 aliphatic rings. The Morgan fingerprint density at radius 3 is 2.72 bits per heavy atom. The van der Waals surface area contributed by atoms with E-state index in [1.165, 1.54) is 24.0 Å². The van der Waals surface area contributed by atoms with Gasteiger partial charge in [-0.1, -0.05) is 19.9 Å². The molecule has 0 fully saturated rings. The van der Waals surface area contributed by atoms with Gasteiger partial charge in [0.25, 0.3) is 0 Å². The second kappa shape index (κ2) is 5.42. The van der Waals surface area contributed by atoms with Gasteiger partial charge in [0.1, 0.15) is 0 Å². The van der Waals surface area contributed by atoms with Crippen LogP contribution in [-0.4, -0.2) is 17.6 Å². The Bertz CT molecular complexity index is 440. The van der Waals surface area contributed by atoms with Crippen LogP contribution in [0.1, 0.15) is 31.4 Å². The molecular formula is C15H21NO2. The number of hydrogen-bond acceptors (Lipinski definition) is 2. The van der Waals surface area contributed by atoms with E-state index >= 15 is 0 Å². The Hall–Kier alpha value is -1.51. The van der Waals surface area contributed by atoms with Crippen LogP contribution in [0.25, 0.3) is 0 Å². The normalized spacial score (nSPS) is 15.5. The molecule has 2 N–H and O–H groups in total. The SMILES string of the molecule is CC(C)C(CNc1ccc2c(c1)CCC2)C(=O)O. The van der Waals surface area contributed by atoms with Gasteiger partial charge in [0.05, 0.1) is 5.92 Å². The molecular weight excluding hydrogens is 226 g/mol. The fourth-order valence-corrected chi connectivity index (χ4v) is 2.52. The van der Waals surface area contributed by atoms with Crippen LogP contribution in [0.15, 0.2) is 18.2 Å². The van der Waals surface area contributed by atoms with Crippen LogP contribution in [0.5, 0.6) is 0 Å². The van der Waals surface area contributed by atoms with Crippen molar-refractivity contribution in [3.05, 3.63) is 29.3 Å². The Morgan fingerprint density at radius 2 is 2.06 bits per heavy atom. The molecule has 0 radical (unpaired) electrons. The molecule has 3 nitrogen and oxygen atoms in total. The second-order valence-electron chi connectivity index (χ2n) is 5.41. The molecule has 18 heavy (non-hydrogen) atoms. The maximum atomic E-state index is 11.1. The van der Waals surface area contributed by atoms with Gasteiger partial charge in [-0.3, -0.25) is 4.79 Å². The molecule has 0 aromatic heterocycles. The molecule has 0 saturated heterocycles. The van der Waals surface area contributed by atoms with Gasteiger partial charge in [0.15, 0.2) is 0 Å². The van der Waals surface area contributed by atoms with E-state index in [1.807, 2.05) is 13.8 Å². The smallest absolute Gasteiger partial charge is 0.308 e. The predicted molar refractivity (Wildman–Crippen MR) is 72.9 cm³/mol. The number of hydrogen-bond donors (Lipinski definition) is 2. The minimum atomic E-state index is -0.723. The second-order valence-corrected chi connectivity index (χ2v) is 5.41. The highest BCUT2D eigenvalue weighted by Crippen LogP contribution is 2.25. The third-order valence-electron chi connectivity index (χ3n) is 3.75. The van der Waals surface area contributed by atoms with Crippen molar-refractivity contribution < 1.29 is 9.90 Å². The van der Waals surface area contributed by atoms with E-state index in [1.54, 1.807) is 0 Å². The van der Waals surface area contributed by atoms with Crippen LogP contribution >= 0.6 is 0 Å². The van der Waals surface area contributed by atoms with E-state index in [-0.39, 0.29) is 11.8 Å². The van der Waals surface area contributed by atoms with Crippen molar-refractivity contribution in [1.82, 2.24) is 0 Å². The first-order chi connectivity index (χ1) is 8.58. The van der Waals surface area contributed by atoms with Crippen molar-refractivity contribution >= 4 is 11.7 Å². The highest BCUT2D eigenvalue weighted by Gasteiger charge is 2.21. The van der Waals surface area contributed by atoms with Gasteiger partial charge in [0, 0.05) is 12.2 Å². The Morgan fingerprint density at radius 1 is 1.33 bits per heavy atom. The van der Waals surface area contributed by atoms with Crippen molar-refractivity contribution in [1.29, 1.82) is 0 Å². The van der Waals surface area contributed by atoms with Crippen LogP contribution in [-0.2, 0) is 17.6 Å². The number of rotatable bonds is 5. The standard InChI is InChI=1S/C15H21NO2/c1-10(2)14(15(17)18)9-16-13-7-6-11-4-3-5-12(11)8-13/h6-8,10,14,16H,3-5,9H2,1-2H3,(H,17,18). The number of carbonyl (C=O) groups is 1. The molecule has 0 amide bonds. The van der Waals surface area contributed by atoms with Gasteiger partial charge in [0.2, 0.25) is 0 Å². The number of anilines is 1. The zero-order valence-electron chi connectivity index (χ0n) is 11.1. The lowest BCUT2D eigenvalue weighted by Gasteiger charge is -2.17. The largest absolute Gasteiger partial charge is 0.481 e. The fraction of sp³-hybridized carbons (Fsp3) is 0.533. The third kappa shape index (κ3) is 2.84. The van der Waals surface area contributed by atoms with Gasteiger partial charge < -0.3 is 10.4 Å². The average Bonchev–Trinajstić information content (AvgIpc) is 2.75. The van der Waals surface area contributed by atoms with Crippen molar-refractivity contribution in [3.8, 4) is 0 Å². The van der Waals surface area contributed by atoms with Gasteiger partial charge in [-0.25, -0.2) is 0 Å². The summed E-state index contributed by atoms with van der Waals surface area (Å²) in [6, 6.07) is 6.39. The maximum absolute atomic E-state index is 11.1. The molecule has 0 heterocycles. The monoisotopic (exact) mass is 247 g/mol. The van der Waals surface area contributed by atoms with E-state index < -0.39 is 5.97 Å².